The van der Waals surface area contributed by atoms with Crippen molar-refractivity contribution >= 4 is 10.2 Å². The highest BCUT2D eigenvalue weighted by atomic mass is 28.1. The Kier molecular flexibility index (Phi) is 3.06. The standard InChI is InChI=1S/C7H16Si/c1-5(2)6(3)7(4)8/h5H,1-4,8H3. The molecule has 0 aromatic rings. The Hall–Kier alpha value is -0.0431. The molecule has 1 heteroatoms. The monoisotopic (exact) mass is 128 g/mol. The van der Waals surface area contributed by atoms with Gasteiger partial charge < -0.3 is 0 Å². The minimum atomic E-state index is 0.757. The maximum Gasteiger partial charge on any atom is 0.0328 e. The molecule has 0 spiro atoms. The van der Waals surface area contributed by atoms with Crippen molar-refractivity contribution in [1.82, 2.24) is 0 Å². The highest BCUT2D eigenvalue weighted by Crippen LogP contribution is 2.10. The molecule has 0 heterocycles. The minimum absolute atomic E-state index is 0.757. The Bertz CT molecular complexity index is 97.0. The summed E-state index contributed by atoms with van der Waals surface area (Å²) in [4.78, 5) is 0. The third-order valence-electron chi connectivity index (χ3n) is 1.65. The molecule has 0 atom stereocenters. The van der Waals surface area contributed by atoms with Crippen LogP contribution >= 0.6 is 0 Å². The summed E-state index contributed by atoms with van der Waals surface area (Å²) in [6.07, 6.45) is 0. The van der Waals surface area contributed by atoms with Gasteiger partial charge in [0, 0.05) is 10.2 Å². The van der Waals surface area contributed by atoms with Crippen LogP contribution in [0, 0.1) is 5.92 Å². The zero-order valence-electron chi connectivity index (χ0n) is 6.58. The first-order chi connectivity index (χ1) is 3.55. The van der Waals surface area contributed by atoms with Gasteiger partial charge in [0.05, 0.1) is 0 Å². The lowest BCUT2D eigenvalue weighted by molar-refractivity contribution is 0.764. The number of rotatable bonds is 1. The van der Waals surface area contributed by atoms with Crippen LogP contribution in [0.2, 0.25) is 0 Å². The second-order valence-corrected chi connectivity index (χ2v) is 4.34. The summed E-state index contributed by atoms with van der Waals surface area (Å²) in [6.45, 7) is 8.95. The minimum Gasteiger partial charge on any atom is -0.0956 e. The summed E-state index contributed by atoms with van der Waals surface area (Å²) >= 11 is 0. The molecular weight excluding hydrogens is 112 g/mol. The fraction of sp³-hybridized carbons (Fsp3) is 0.714. The molecule has 0 radical (unpaired) electrons. The van der Waals surface area contributed by atoms with E-state index in [1.165, 1.54) is 10.2 Å². The second-order valence-electron chi connectivity index (χ2n) is 2.84. The van der Waals surface area contributed by atoms with Crippen LogP contribution in [0.4, 0.5) is 0 Å². The van der Waals surface area contributed by atoms with Crippen LogP contribution in [0.3, 0.4) is 0 Å². The van der Waals surface area contributed by atoms with E-state index in [1.54, 1.807) is 10.8 Å². The molecule has 0 aromatic carbocycles. The van der Waals surface area contributed by atoms with Gasteiger partial charge in [-0.25, -0.2) is 0 Å². The highest BCUT2D eigenvalue weighted by molar-refractivity contribution is 6.21. The van der Waals surface area contributed by atoms with Gasteiger partial charge in [-0.05, 0) is 19.8 Å². The molecule has 0 aliphatic heterocycles. The van der Waals surface area contributed by atoms with Gasteiger partial charge in [0.2, 0.25) is 0 Å². The molecule has 0 saturated carbocycles. The van der Waals surface area contributed by atoms with E-state index >= 15 is 0 Å². The summed E-state index contributed by atoms with van der Waals surface area (Å²) in [5, 5.41) is 1.60. The summed E-state index contributed by atoms with van der Waals surface area (Å²) in [5.41, 5.74) is 1.58. The average molecular weight is 128 g/mol. The van der Waals surface area contributed by atoms with E-state index < -0.39 is 0 Å². The lowest BCUT2D eigenvalue weighted by Crippen LogP contribution is -1.92. The van der Waals surface area contributed by atoms with Gasteiger partial charge in [0.25, 0.3) is 0 Å². The van der Waals surface area contributed by atoms with Crippen molar-refractivity contribution in [3.63, 3.8) is 0 Å². The Morgan fingerprint density at radius 1 is 1.25 bits per heavy atom. The Labute approximate surface area is 55.4 Å². The third kappa shape index (κ3) is 2.31. The van der Waals surface area contributed by atoms with Crippen molar-refractivity contribution < 1.29 is 0 Å². The molecule has 0 amide bonds. The number of allylic oxidation sites excluding steroid dienone is 2. The van der Waals surface area contributed by atoms with E-state index in [0.717, 1.165) is 5.92 Å². The normalized spacial score (nSPS) is 14.6. The zero-order valence-corrected chi connectivity index (χ0v) is 8.58. The maximum absolute atomic E-state index is 2.25. The van der Waals surface area contributed by atoms with Gasteiger partial charge in [0.1, 0.15) is 0 Å². The van der Waals surface area contributed by atoms with Gasteiger partial charge >= 0.3 is 0 Å². The van der Waals surface area contributed by atoms with Crippen LogP contribution in [0.5, 0.6) is 0 Å². The Balaban J connectivity index is 4.00. The van der Waals surface area contributed by atoms with Crippen LogP contribution in [-0.2, 0) is 0 Å². The molecule has 0 rings (SSSR count). The predicted molar refractivity (Wildman–Crippen MR) is 43.2 cm³/mol. The fourth-order valence-corrected chi connectivity index (χ4v) is 1.15. The van der Waals surface area contributed by atoms with E-state index in [0.29, 0.717) is 0 Å². The van der Waals surface area contributed by atoms with Gasteiger partial charge in [-0.15, -0.1) is 0 Å². The lowest BCUT2D eigenvalue weighted by atomic mass is 10.1. The number of hydrogen-bond acceptors (Lipinski definition) is 0. The molecule has 8 heavy (non-hydrogen) atoms. The molecular formula is C7H16Si. The maximum atomic E-state index is 2.25. The first-order valence-corrected chi connectivity index (χ1v) is 4.19. The lowest BCUT2D eigenvalue weighted by Gasteiger charge is -2.05. The van der Waals surface area contributed by atoms with Crippen molar-refractivity contribution in [3.05, 3.63) is 10.8 Å². The van der Waals surface area contributed by atoms with Crippen molar-refractivity contribution in [3.8, 4) is 0 Å². The van der Waals surface area contributed by atoms with Gasteiger partial charge in [-0.1, -0.05) is 24.6 Å². The quantitative estimate of drug-likeness (QED) is 0.467. The average Bonchev–Trinajstić information content (AvgIpc) is 1.64. The molecule has 0 aliphatic carbocycles. The van der Waals surface area contributed by atoms with Crippen LogP contribution in [0.25, 0.3) is 0 Å². The summed E-state index contributed by atoms with van der Waals surface area (Å²) in [7, 11) is 1.23. The molecule has 0 aliphatic rings. The first-order valence-electron chi connectivity index (χ1n) is 3.19. The van der Waals surface area contributed by atoms with Crippen LogP contribution in [-0.4, -0.2) is 10.2 Å². The van der Waals surface area contributed by atoms with Crippen molar-refractivity contribution in [2.45, 2.75) is 27.7 Å². The van der Waals surface area contributed by atoms with Crippen molar-refractivity contribution in [2.24, 2.45) is 5.92 Å². The Morgan fingerprint density at radius 3 is 1.62 bits per heavy atom. The topological polar surface area (TPSA) is 0 Å². The van der Waals surface area contributed by atoms with Crippen LogP contribution in [0.1, 0.15) is 27.7 Å². The zero-order chi connectivity index (χ0) is 6.73. The molecule has 0 nitrogen and oxygen atoms in total. The fourth-order valence-electron chi connectivity index (χ4n) is 0.577. The van der Waals surface area contributed by atoms with E-state index in [1.807, 2.05) is 0 Å². The van der Waals surface area contributed by atoms with Gasteiger partial charge in [0.15, 0.2) is 0 Å². The second kappa shape index (κ2) is 3.08. The largest absolute Gasteiger partial charge is 0.0956 e. The SMILES string of the molecule is CC([SiH3])=C(C)C(C)C. The van der Waals surface area contributed by atoms with Gasteiger partial charge in [-0.2, -0.15) is 0 Å². The van der Waals surface area contributed by atoms with E-state index in [9.17, 15) is 0 Å². The molecule has 0 unspecified atom stereocenters. The molecule has 48 valence electrons. The van der Waals surface area contributed by atoms with Crippen molar-refractivity contribution in [2.75, 3.05) is 0 Å². The summed E-state index contributed by atoms with van der Waals surface area (Å²) in [5.74, 6) is 0.757. The molecule has 0 N–H and O–H groups in total. The van der Waals surface area contributed by atoms with Gasteiger partial charge in [-0.3, -0.25) is 0 Å². The molecule has 0 aromatic heterocycles. The van der Waals surface area contributed by atoms with E-state index in [4.69, 9.17) is 0 Å². The van der Waals surface area contributed by atoms with E-state index in [-0.39, 0.29) is 0 Å². The third-order valence-corrected chi connectivity index (χ3v) is 2.44. The van der Waals surface area contributed by atoms with E-state index in [2.05, 4.69) is 27.7 Å². The number of hydrogen-bond donors (Lipinski definition) is 0. The van der Waals surface area contributed by atoms with Crippen LogP contribution in [0.15, 0.2) is 10.8 Å². The summed E-state index contributed by atoms with van der Waals surface area (Å²) < 4.78 is 0. The molecule has 0 fully saturated rings. The Morgan fingerprint density at radius 2 is 1.62 bits per heavy atom. The first kappa shape index (κ1) is 7.96. The van der Waals surface area contributed by atoms with Crippen molar-refractivity contribution in [1.29, 1.82) is 0 Å². The smallest absolute Gasteiger partial charge is 0.0328 e. The summed E-state index contributed by atoms with van der Waals surface area (Å²) in [6, 6.07) is 0. The molecule has 0 saturated heterocycles. The predicted octanol–water partition coefficient (Wildman–Crippen LogP) is 1.30. The highest BCUT2D eigenvalue weighted by Gasteiger charge is 1.95. The van der Waals surface area contributed by atoms with Crippen LogP contribution < -0.4 is 0 Å². The molecule has 0 bridgehead atoms.